The molecule has 0 heterocycles. The Morgan fingerprint density at radius 3 is 2.17 bits per heavy atom. The SMILES string of the molecule is C[C@H](NC(=O)c1ccc(Cl)c(S(=O)(=O)N(C)c2ccccc2)c1)c1ccccc1. The van der Waals surface area contributed by atoms with Crippen LogP contribution < -0.4 is 9.62 Å². The van der Waals surface area contributed by atoms with Crippen molar-refractivity contribution in [1.82, 2.24) is 5.32 Å². The van der Waals surface area contributed by atoms with Gasteiger partial charge in [0.25, 0.3) is 15.9 Å². The van der Waals surface area contributed by atoms with Gasteiger partial charge in [-0.2, -0.15) is 0 Å². The average molecular weight is 429 g/mol. The minimum atomic E-state index is -3.94. The summed E-state index contributed by atoms with van der Waals surface area (Å²) in [5, 5.41) is 2.94. The number of nitrogens with one attached hydrogen (secondary N) is 1. The van der Waals surface area contributed by atoms with E-state index in [4.69, 9.17) is 11.6 Å². The van der Waals surface area contributed by atoms with E-state index in [1.54, 1.807) is 30.3 Å². The number of benzene rings is 3. The fourth-order valence-corrected chi connectivity index (χ4v) is 4.57. The highest BCUT2D eigenvalue weighted by Crippen LogP contribution is 2.28. The molecule has 0 aliphatic rings. The van der Waals surface area contributed by atoms with E-state index in [1.807, 2.05) is 37.3 Å². The molecule has 0 aliphatic carbocycles. The van der Waals surface area contributed by atoms with Gasteiger partial charge in [-0.05, 0) is 42.8 Å². The molecule has 0 aliphatic heterocycles. The van der Waals surface area contributed by atoms with Gasteiger partial charge in [0.05, 0.1) is 16.8 Å². The first-order valence-corrected chi connectivity index (χ1v) is 10.8. The summed E-state index contributed by atoms with van der Waals surface area (Å²) in [5.41, 5.74) is 1.67. The van der Waals surface area contributed by atoms with Gasteiger partial charge in [-0.15, -0.1) is 0 Å². The Bertz CT molecular complexity index is 1100. The van der Waals surface area contributed by atoms with Crippen LogP contribution in [0, 0.1) is 0 Å². The van der Waals surface area contributed by atoms with E-state index in [-0.39, 0.29) is 27.4 Å². The lowest BCUT2D eigenvalue weighted by molar-refractivity contribution is 0.0939. The number of anilines is 1. The maximum atomic E-state index is 13.1. The van der Waals surface area contributed by atoms with E-state index in [0.29, 0.717) is 5.69 Å². The molecule has 0 bridgehead atoms. The molecule has 0 fully saturated rings. The van der Waals surface area contributed by atoms with Crippen LogP contribution in [0.25, 0.3) is 0 Å². The molecule has 1 atom stereocenters. The number of hydrogen-bond donors (Lipinski definition) is 1. The van der Waals surface area contributed by atoms with Crippen molar-refractivity contribution in [2.24, 2.45) is 0 Å². The first kappa shape index (κ1) is 20.9. The smallest absolute Gasteiger partial charge is 0.265 e. The molecule has 0 saturated carbocycles. The number of carbonyl (C=O) groups is 1. The van der Waals surface area contributed by atoms with E-state index >= 15 is 0 Å². The zero-order valence-corrected chi connectivity index (χ0v) is 17.6. The number of halogens is 1. The fourth-order valence-electron chi connectivity index (χ4n) is 2.87. The zero-order valence-electron chi connectivity index (χ0n) is 16.0. The molecule has 3 aromatic carbocycles. The Kier molecular flexibility index (Phi) is 6.25. The zero-order chi connectivity index (χ0) is 21.0. The van der Waals surface area contributed by atoms with Crippen LogP contribution in [0.15, 0.2) is 83.8 Å². The molecule has 1 amide bonds. The Labute approximate surface area is 176 Å². The van der Waals surface area contributed by atoms with Crippen LogP contribution in [-0.4, -0.2) is 21.4 Å². The third kappa shape index (κ3) is 4.60. The largest absolute Gasteiger partial charge is 0.346 e. The van der Waals surface area contributed by atoms with Crippen molar-refractivity contribution >= 4 is 33.2 Å². The highest BCUT2D eigenvalue weighted by molar-refractivity contribution is 7.93. The van der Waals surface area contributed by atoms with E-state index in [0.717, 1.165) is 9.87 Å². The van der Waals surface area contributed by atoms with Crippen LogP contribution in [0.3, 0.4) is 0 Å². The molecule has 0 saturated heterocycles. The number of sulfonamides is 1. The predicted octanol–water partition coefficient (Wildman–Crippen LogP) is 4.66. The summed E-state index contributed by atoms with van der Waals surface area (Å²) in [6.45, 7) is 1.87. The molecule has 0 aromatic heterocycles. The second kappa shape index (κ2) is 8.68. The molecule has 0 spiro atoms. The maximum Gasteiger partial charge on any atom is 0.265 e. The van der Waals surface area contributed by atoms with Gasteiger partial charge in [0.2, 0.25) is 0 Å². The van der Waals surface area contributed by atoms with E-state index in [2.05, 4.69) is 5.32 Å². The van der Waals surface area contributed by atoms with E-state index in [1.165, 1.54) is 25.2 Å². The van der Waals surface area contributed by atoms with Crippen molar-refractivity contribution in [3.63, 3.8) is 0 Å². The highest BCUT2D eigenvalue weighted by Gasteiger charge is 2.25. The molecule has 5 nitrogen and oxygen atoms in total. The number of amides is 1. The molecule has 3 rings (SSSR count). The monoisotopic (exact) mass is 428 g/mol. The predicted molar refractivity (Wildman–Crippen MR) is 116 cm³/mol. The summed E-state index contributed by atoms with van der Waals surface area (Å²) in [6, 6.07) is 22.2. The summed E-state index contributed by atoms with van der Waals surface area (Å²) in [6.07, 6.45) is 0. The third-order valence-corrected chi connectivity index (χ3v) is 6.87. The molecule has 29 heavy (non-hydrogen) atoms. The molecule has 7 heteroatoms. The van der Waals surface area contributed by atoms with Crippen molar-refractivity contribution in [3.05, 3.63) is 95.0 Å². The van der Waals surface area contributed by atoms with Gasteiger partial charge >= 0.3 is 0 Å². The van der Waals surface area contributed by atoms with Crippen LogP contribution in [0.4, 0.5) is 5.69 Å². The molecule has 0 radical (unpaired) electrons. The maximum absolute atomic E-state index is 13.1. The lowest BCUT2D eigenvalue weighted by atomic mass is 10.1. The second-order valence-corrected chi connectivity index (χ2v) is 8.90. The molecule has 3 aromatic rings. The fraction of sp³-hybridized carbons (Fsp3) is 0.136. The Morgan fingerprint density at radius 1 is 0.966 bits per heavy atom. The van der Waals surface area contributed by atoms with Crippen molar-refractivity contribution in [2.45, 2.75) is 17.9 Å². The molecular weight excluding hydrogens is 408 g/mol. The quantitative estimate of drug-likeness (QED) is 0.621. The molecule has 1 N–H and O–H groups in total. The minimum Gasteiger partial charge on any atom is -0.346 e. The van der Waals surface area contributed by atoms with Crippen LogP contribution >= 0.6 is 11.6 Å². The summed E-state index contributed by atoms with van der Waals surface area (Å²) in [7, 11) is -2.49. The van der Waals surface area contributed by atoms with Gasteiger partial charge in [-0.3, -0.25) is 9.10 Å². The summed E-state index contributed by atoms with van der Waals surface area (Å²) in [5.74, 6) is -0.378. The first-order valence-electron chi connectivity index (χ1n) is 9.00. The second-order valence-electron chi connectivity index (χ2n) is 6.56. The molecule has 150 valence electrons. The summed E-state index contributed by atoms with van der Waals surface area (Å²) >= 11 is 6.18. The Balaban J connectivity index is 1.88. The van der Waals surface area contributed by atoms with Crippen molar-refractivity contribution < 1.29 is 13.2 Å². The Morgan fingerprint density at radius 2 is 1.55 bits per heavy atom. The lowest BCUT2D eigenvalue weighted by Gasteiger charge is -2.21. The Hall–Kier alpha value is -2.83. The summed E-state index contributed by atoms with van der Waals surface area (Å²) in [4.78, 5) is 12.6. The summed E-state index contributed by atoms with van der Waals surface area (Å²) < 4.78 is 27.3. The normalized spacial score (nSPS) is 12.2. The standard InChI is InChI=1S/C22H21ClN2O3S/c1-16(17-9-5-3-6-10-17)24-22(26)18-13-14-20(23)21(15-18)29(27,28)25(2)19-11-7-4-8-12-19/h3-16H,1-2H3,(H,24,26)/t16-/m0/s1. The minimum absolute atomic E-state index is 0.0560. The average Bonchev–Trinajstić information content (AvgIpc) is 2.74. The number of para-hydroxylation sites is 1. The van der Waals surface area contributed by atoms with E-state index in [9.17, 15) is 13.2 Å². The van der Waals surface area contributed by atoms with Gasteiger partial charge in [0.15, 0.2) is 0 Å². The topological polar surface area (TPSA) is 66.5 Å². The van der Waals surface area contributed by atoms with Crippen LogP contribution in [0.2, 0.25) is 5.02 Å². The van der Waals surface area contributed by atoms with Gasteiger partial charge in [0, 0.05) is 12.6 Å². The van der Waals surface area contributed by atoms with Gasteiger partial charge in [-0.25, -0.2) is 8.42 Å². The van der Waals surface area contributed by atoms with Crippen molar-refractivity contribution in [3.8, 4) is 0 Å². The number of carbonyl (C=O) groups excluding carboxylic acids is 1. The van der Waals surface area contributed by atoms with Gasteiger partial charge < -0.3 is 5.32 Å². The van der Waals surface area contributed by atoms with E-state index < -0.39 is 10.0 Å². The van der Waals surface area contributed by atoms with Crippen molar-refractivity contribution in [2.75, 3.05) is 11.4 Å². The number of nitrogens with zero attached hydrogens (tertiary/aromatic N) is 1. The van der Waals surface area contributed by atoms with Gasteiger partial charge in [-0.1, -0.05) is 60.1 Å². The van der Waals surface area contributed by atoms with Crippen molar-refractivity contribution in [1.29, 1.82) is 0 Å². The van der Waals surface area contributed by atoms with Crippen LogP contribution in [0.5, 0.6) is 0 Å². The lowest BCUT2D eigenvalue weighted by Crippen LogP contribution is -2.29. The van der Waals surface area contributed by atoms with Crippen LogP contribution in [0.1, 0.15) is 28.9 Å². The van der Waals surface area contributed by atoms with Gasteiger partial charge in [0.1, 0.15) is 4.90 Å². The first-order chi connectivity index (χ1) is 13.8. The number of hydrogen-bond acceptors (Lipinski definition) is 3. The third-order valence-electron chi connectivity index (χ3n) is 4.60. The highest BCUT2D eigenvalue weighted by atomic mass is 35.5. The number of rotatable bonds is 6. The molecule has 0 unspecified atom stereocenters. The molecular formula is C22H21ClN2O3S. The van der Waals surface area contributed by atoms with Crippen LogP contribution in [-0.2, 0) is 10.0 Å².